The lowest BCUT2D eigenvalue weighted by Gasteiger charge is -2.33. The first-order chi connectivity index (χ1) is 8.10. The van der Waals surface area contributed by atoms with E-state index in [4.69, 9.17) is 5.11 Å². The van der Waals surface area contributed by atoms with Crippen LogP contribution in [0.1, 0.15) is 39.0 Å². The Bertz CT molecular complexity index is 296. The first-order valence-electron chi connectivity index (χ1n) is 6.38. The van der Waals surface area contributed by atoms with E-state index in [1.165, 1.54) is 0 Å². The summed E-state index contributed by atoms with van der Waals surface area (Å²) in [4.78, 5) is 22.8. The number of rotatable bonds is 9. The van der Waals surface area contributed by atoms with Gasteiger partial charge in [0, 0.05) is 6.42 Å². The molecule has 0 aromatic heterocycles. The molecule has 0 rings (SSSR count). The minimum absolute atomic E-state index is 0.115. The topological polar surface area (TPSA) is 74.6 Å². The van der Waals surface area contributed by atoms with Gasteiger partial charge in [-0.2, -0.15) is 0 Å². The Morgan fingerprint density at radius 1 is 1.17 bits per heavy atom. The standard InChI is InChI=1S/C13H25NO4/c1-5-6-7-8-11(15)13(18,9-12(16)17)10-14(2,3)4/h18H,5-10H2,1-4H3/p+1/t13-/m1/s1. The number of hydrogen-bond donors (Lipinski definition) is 2. The van der Waals surface area contributed by atoms with Crippen molar-refractivity contribution in [1.29, 1.82) is 0 Å². The van der Waals surface area contributed by atoms with Gasteiger partial charge in [0.05, 0.1) is 27.6 Å². The highest BCUT2D eigenvalue weighted by molar-refractivity contribution is 5.90. The molecule has 0 aromatic carbocycles. The summed E-state index contributed by atoms with van der Waals surface area (Å²) in [5.41, 5.74) is -1.75. The van der Waals surface area contributed by atoms with Crippen molar-refractivity contribution in [2.24, 2.45) is 0 Å². The zero-order chi connectivity index (χ0) is 14.4. The molecule has 0 aliphatic carbocycles. The number of carboxylic acid groups (broad SMARTS) is 1. The van der Waals surface area contributed by atoms with Gasteiger partial charge in [0.1, 0.15) is 6.54 Å². The van der Waals surface area contributed by atoms with E-state index in [2.05, 4.69) is 0 Å². The molecule has 0 spiro atoms. The highest BCUT2D eigenvalue weighted by Gasteiger charge is 2.42. The summed E-state index contributed by atoms with van der Waals surface area (Å²) in [7, 11) is 5.48. The van der Waals surface area contributed by atoms with Crippen LogP contribution in [0.3, 0.4) is 0 Å². The molecule has 0 fully saturated rings. The van der Waals surface area contributed by atoms with Gasteiger partial charge in [0.15, 0.2) is 11.4 Å². The first-order valence-corrected chi connectivity index (χ1v) is 6.38. The maximum Gasteiger partial charge on any atom is 0.306 e. The lowest BCUT2D eigenvalue weighted by molar-refractivity contribution is -0.875. The van der Waals surface area contributed by atoms with Crippen LogP contribution in [0.15, 0.2) is 0 Å². The van der Waals surface area contributed by atoms with Gasteiger partial charge in [-0.1, -0.05) is 19.8 Å². The van der Waals surface area contributed by atoms with Crippen LogP contribution in [0, 0.1) is 0 Å². The maximum atomic E-state index is 12.0. The predicted octanol–water partition coefficient (Wildman–Crippen LogP) is 1.05. The Labute approximate surface area is 109 Å². The molecule has 0 amide bonds. The van der Waals surface area contributed by atoms with Crippen molar-refractivity contribution in [1.82, 2.24) is 0 Å². The van der Waals surface area contributed by atoms with E-state index in [0.717, 1.165) is 12.8 Å². The van der Waals surface area contributed by atoms with Crippen LogP contribution in [0.25, 0.3) is 0 Å². The van der Waals surface area contributed by atoms with Gasteiger partial charge in [-0.15, -0.1) is 0 Å². The van der Waals surface area contributed by atoms with E-state index in [9.17, 15) is 14.7 Å². The quantitative estimate of drug-likeness (QED) is 0.480. The van der Waals surface area contributed by atoms with E-state index in [0.29, 0.717) is 10.9 Å². The lowest BCUT2D eigenvalue weighted by atomic mass is 9.90. The van der Waals surface area contributed by atoms with Gasteiger partial charge in [-0.05, 0) is 6.42 Å². The Morgan fingerprint density at radius 3 is 2.11 bits per heavy atom. The SMILES string of the molecule is CCCCCC(=O)[C@@](O)(CC(=O)O)C[N+](C)(C)C. The summed E-state index contributed by atoms with van der Waals surface area (Å²) in [6.45, 7) is 2.14. The Balaban J connectivity index is 4.74. The molecule has 1 atom stereocenters. The van der Waals surface area contributed by atoms with Crippen LogP contribution in [0.4, 0.5) is 0 Å². The molecule has 0 unspecified atom stereocenters. The van der Waals surface area contributed by atoms with Crippen LogP contribution in [-0.2, 0) is 9.59 Å². The van der Waals surface area contributed by atoms with Crippen molar-refractivity contribution in [3.05, 3.63) is 0 Å². The molecule has 0 aliphatic heterocycles. The number of Topliss-reactive ketones (excluding diaryl/α,β-unsaturated/α-hetero) is 1. The molecular weight excluding hydrogens is 234 g/mol. The van der Waals surface area contributed by atoms with Crippen LogP contribution in [0.5, 0.6) is 0 Å². The average Bonchev–Trinajstić information content (AvgIpc) is 2.13. The molecule has 0 aromatic rings. The second-order valence-electron chi connectivity index (χ2n) is 5.93. The summed E-state index contributed by atoms with van der Waals surface area (Å²) < 4.78 is 0.350. The van der Waals surface area contributed by atoms with Crippen LogP contribution in [-0.4, -0.2) is 59.7 Å². The number of hydrogen-bond acceptors (Lipinski definition) is 3. The Hall–Kier alpha value is -0.940. The van der Waals surface area contributed by atoms with E-state index >= 15 is 0 Å². The molecular formula is C13H26NO4+. The summed E-state index contributed by atoms with van der Waals surface area (Å²) in [5.74, 6) is -1.50. The second kappa shape index (κ2) is 6.85. The van der Waals surface area contributed by atoms with Gasteiger partial charge in [-0.3, -0.25) is 9.59 Å². The van der Waals surface area contributed by atoms with Gasteiger partial charge < -0.3 is 14.7 Å². The van der Waals surface area contributed by atoms with Gasteiger partial charge in [-0.25, -0.2) is 0 Å². The number of aliphatic carboxylic acids is 1. The zero-order valence-corrected chi connectivity index (χ0v) is 11.9. The number of carboxylic acids is 1. The molecule has 0 heterocycles. The molecule has 0 aliphatic rings. The fraction of sp³-hybridized carbons (Fsp3) is 0.846. The van der Waals surface area contributed by atoms with Crippen molar-refractivity contribution in [2.45, 2.75) is 44.6 Å². The van der Waals surface area contributed by atoms with Crippen LogP contribution >= 0.6 is 0 Å². The van der Waals surface area contributed by atoms with E-state index in [-0.39, 0.29) is 18.7 Å². The van der Waals surface area contributed by atoms with E-state index in [1.54, 1.807) is 0 Å². The summed E-state index contributed by atoms with van der Waals surface area (Å²) in [6, 6.07) is 0. The lowest BCUT2D eigenvalue weighted by Crippen LogP contribution is -2.54. The van der Waals surface area contributed by atoms with Crippen LogP contribution in [0.2, 0.25) is 0 Å². The van der Waals surface area contributed by atoms with Crippen LogP contribution < -0.4 is 0 Å². The third kappa shape index (κ3) is 6.71. The van der Waals surface area contributed by atoms with Crippen molar-refractivity contribution < 1.29 is 24.3 Å². The van der Waals surface area contributed by atoms with Crippen molar-refractivity contribution in [3.63, 3.8) is 0 Å². The van der Waals surface area contributed by atoms with E-state index in [1.807, 2.05) is 28.1 Å². The van der Waals surface area contributed by atoms with Crippen molar-refractivity contribution >= 4 is 11.8 Å². The largest absolute Gasteiger partial charge is 0.481 e. The van der Waals surface area contributed by atoms with Crippen molar-refractivity contribution in [2.75, 3.05) is 27.7 Å². The highest BCUT2D eigenvalue weighted by Crippen LogP contribution is 2.19. The number of quaternary nitrogens is 1. The monoisotopic (exact) mass is 260 g/mol. The number of carbonyl (C=O) groups is 2. The number of nitrogens with zero attached hydrogens (tertiary/aromatic N) is 1. The maximum absolute atomic E-state index is 12.0. The predicted molar refractivity (Wildman–Crippen MR) is 69.3 cm³/mol. The highest BCUT2D eigenvalue weighted by atomic mass is 16.4. The molecule has 5 heteroatoms. The zero-order valence-electron chi connectivity index (χ0n) is 11.9. The normalized spacial score (nSPS) is 15.2. The molecule has 5 nitrogen and oxygen atoms in total. The average molecular weight is 260 g/mol. The number of likely N-dealkylation sites (N-methyl/N-ethyl adjacent to an activating group) is 1. The smallest absolute Gasteiger partial charge is 0.306 e. The number of aliphatic hydroxyl groups is 1. The number of unbranched alkanes of at least 4 members (excludes halogenated alkanes) is 2. The van der Waals surface area contributed by atoms with Gasteiger partial charge in [0.25, 0.3) is 0 Å². The van der Waals surface area contributed by atoms with Crippen molar-refractivity contribution in [3.8, 4) is 0 Å². The fourth-order valence-electron chi connectivity index (χ4n) is 2.05. The van der Waals surface area contributed by atoms with Gasteiger partial charge in [0.2, 0.25) is 0 Å². The third-order valence-electron chi connectivity index (χ3n) is 2.71. The third-order valence-corrected chi connectivity index (χ3v) is 2.71. The molecule has 2 N–H and O–H groups in total. The summed E-state index contributed by atoms with van der Waals surface area (Å²) in [5, 5.41) is 19.2. The van der Waals surface area contributed by atoms with Gasteiger partial charge >= 0.3 is 5.97 Å². The number of ketones is 1. The Morgan fingerprint density at radius 2 is 1.72 bits per heavy atom. The molecule has 0 radical (unpaired) electrons. The molecule has 0 saturated heterocycles. The fourth-order valence-corrected chi connectivity index (χ4v) is 2.05. The summed E-state index contributed by atoms with van der Waals surface area (Å²) >= 11 is 0. The molecule has 106 valence electrons. The molecule has 18 heavy (non-hydrogen) atoms. The number of carbonyl (C=O) groups excluding carboxylic acids is 1. The minimum Gasteiger partial charge on any atom is -0.481 e. The summed E-state index contributed by atoms with van der Waals surface area (Å²) in [6.07, 6.45) is 2.33. The minimum atomic E-state index is -1.75. The second-order valence-corrected chi connectivity index (χ2v) is 5.93. The molecule has 0 saturated carbocycles. The Kier molecular flexibility index (Phi) is 6.49. The first kappa shape index (κ1) is 17.1. The molecule has 0 bridgehead atoms. The van der Waals surface area contributed by atoms with E-state index < -0.39 is 18.0 Å².